The third-order valence-corrected chi connectivity index (χ3v) is 3.41. The fraction of sp³-hybridized carbons (Fsp3) is 0.429. The lowest BCUT2D eigenvalue weighted by Gasteiger charge is -2.36. The zero-order chi connectivity index (χ0) is 14.5. The normalized spacial score (nSPS) is 18.4. The molecule has 0 aliphatic carbocycles. The number of likely N-dealkylation sites (N-methyl/N-ethyl adjacent to an activating group) is 1. The molecule has 2 rings (SSSR count). The molecule has 0 aromatic heterocycles. The molecule has 20 heavy (non-hydrogen) atoms. The molecule has 1 atom stereocenters. The fourth-order valence-corrected chi connectivity index (χ4v) is 2.42. The number of anilines is 1. The van der Waals surface area contributed by atoms with Crippen molar-refractivity contribution in [2.75, 3.05) is 31.2 Å². The zero-order valence-corrected chi connectivity index (χ0v) is 12.0. The average molecular weight is 294 g/mol. The van der Waals surface area contributed by atoms with Crippen molar-refractivity contribution in [2.45, 2.75) is 13.0 Å². The van der Waals surface area contributed by atoms with E-state index in [1.54, 1.807) is 18.2 Å². The summed E-state index contributed by atoms with van der Waals surface area (Å²) in [5, 5.41) is 12.5. The number of hydrogen-bond donors (Lipinski definition) is 1. The molecule has 1 saturated heterocycles. The number of rotatable bonds is 3. The molecule has 0 saturated carbocycles. The zero-order valence-electron chi connectivity index (χ0n) is 11.2. The maximum atomic E-state index is 12.1. The number of carbonyl (C=O) groups excluding carboxylic acids is 1. The van der Waals surface area contributed by atoms with Crippen LogP contribution in [0.1, 0.15) is 12.5 Å². The number of hydrogen-bond acceptors (Lipinski definition) is 4. The summed E-state index contributed by atoms with van der Waals surface area (Å²) in [5.74, 6) is -0.0916. The van der Waals surface area contributed by atoms with E-state index in [2.05, 4.69) is 11.4 Å². The lowest BCUT2D eigenvalue weighted by molar-refractivity contribution is -0.124. The largest absolute Gasteiger partial charge is 0.377 e. The molecule has 1 N–H and O–H groups in total. The Morgan fingerprint density at radius 3 is 3.15 bits per heavy atom. The summed E-state index contributed by atoms with van der Waals surface area (Å²) >= 11 is 5.91. The van der Waals surface area contributed by atoms with Crippen LogP contribution in [0.15, 0.2) is 18.2 Å². The van der Waals surface area contributed by atoms with Crippen LogP contribution in [0.5, 0.6) is 0 Å². The van der Waals surface area contributed by atoms with E-state index >= 15 is 0 Å². The van der Waals surface area contributed by atoms with E-state index in [4.69, 9.17) is 16.3 Å². The fourth-order valence-electron chi connectivity index (χ4n) is 2.25. The lowest BCUT2D eigenvalue weighted by Crippen LogP contribution is -2.54. The Morgan fingerprint density at radius 1 is 1.65 bits per heavy atom. The van der Waals surface area contributed by atoms with E-state index in [1.165, 1.54) is 0 Å². The van der Waals surface area contributed by atoms with Crippen LogP contribution in [0, 0.1) is 11.3 Å². The van der Waals surface area contributed by atoms with Crippen LogP contribution in [0.3, 0.4) is 0 Å². The molecule has 1 heterocycles. The maximum absolute atomic E-state index is 12.1. The summed E-state index contributed by atoms with van der Waals surface area (Å²) < 4.78 is 5.39. The van der Waals surface area contributed by atoms with Crippen molar-refractivity contribution in [1.82, 2.24) is 5.32 Å². The number of amides is 1. The highest BCUT2D eigenvalue weighted by atomic mass is 35.5. The molecule has 1 fully saturated rings. The smallest absolute Gasteiger partial charge is 0.245 e. The summed E-state index contributed by atoms with van der Waals surface area (Å²) in [7, 11) is 0. The van der Waals surface area contributed by atoms with Gasteiger partial charge in [0.05, 0.1) is 24.5 Å². The Kier molecular flexibility index (Phi) is 4.83. The van der Waals surface area contributed by atoms with E-state index in [9.17, 15) is 10.1 Å². The molecule has 1 aromatic rings. The highest BCUT2D eigenvalue weighted by Gasteiger charge is 2.30. The van der Waals surface area contributed by atoms with Gasteiger partial charge in [0.25, 0.3) is 0 Å². The molecular weight excluding hydrogens is 278 g/mol. The summed E-state index contributed by atoms with van der Waals surface area (Å²) in [4.78, 5) is 14.0. The number of nitrogens with one attached hydrogen (secondary N) is 1. The van der Waals surface area contributed by atoms with E-state index in [0.29, 0.717) is 36.9 Å². The minimum atomic E-state index is -0.419. The van der Waals surface area contributed by atoms with Crippen LogP contribution >= 0.6 is 11.6 Å². The van der Waals surface area contributed by atoms with Gasteiger partial charge in [-0.25, -0.2) is 0 Å². The van der Waals surface area contributed by atoms with Crippen molar-refractivity contribution in [3.8, 4) is 6.07 Å². The second-order valence-electron chi connectivity index (χ2n) is 4.45. The second-order valence-corrected chi connectivity index (χ2v) is 4.89. The van der Waals surface area contributed by atoms with Gasteiger partial charge in [0, 0.05) is 18.1 Å². The van der Waals surface area contributed by atoms with Crippen molar-refractivity contribution in [3.63, 3.8) is 0 Å². The molecule has 0 bridgehead atoms. The minimum absolute atomic E-state index is 0.0916. The number of morpholine rings is 1. The minimum Gasteiger partial charge on any atom is -0.377 e. The van der Waals surface area contributed by atoms with Gasteiger partial charge < -0.3 is 15.0 Å². The molecule has 0 radical (unpaired) electrons. The van der Waals surface area contributed by atoms with E-state index in [-0.39, 0.29) is 5.91 Å². The standard InChI is InChI=1S/C14H16ClN3O2/c1-2-17-14(19)13-9-20-6-5-18(13)12-4-3-11(15)7-10(12)8-16/h3-4,7,13H,2,5-6,9H2,1H3,(H,17,19). The number of ether oxygens (including phenoxy) is 1. The molecule has 6 heteroatoms. The molecule has 1 aliphatic heterocycles. The first-order valence-electron chi connectivity index (χ1n) is 6.49. The monoisotopic (exact) mass is 293 g/mol. The molecule has 5 nitrogen and oxygen atoms in total. The van der Waals surface area contributed by atoms with E-state index < -0.39 is 6.04 Å². The topological polar surface area (TPSA) is 65.4 Å². The van der Waals surface area contributed by atoms with Crippen LogP contribution < -0.4 is 10.2 Å². The number of nitrogens with zero attached hydrogens (tertiary/aromatic N) is 2. The predicted molar refractivity (Wildman–Crippen MR) is 76.8 cm³/mol. The van der Waals surface area contributed by atoms with Crippen molar-refractivity contribution in [2.24, 2.45) is 0 Å². The first kappa shape index (κ1) is 14.6. The van der Waals surface area contributed by atoms with Crippen LogP contribution in [-0.4, -0.2) is 38.3 Å². The van der Waals surface area contributed by atoms with Gasteiger partial charge in [-0.15, -0.1) is 0 Å². The molecule has 1 unspecified atom stereocenters. The lowest BCUT2D eigenvalue weighted by atomic mass is 10.1. The van der Waals surface area contributed by atoms with Gasteiger partial charge in [0.2, 0.25) is 5.91 Å². The van der Waals surface area contributed by atoms with Gasteiger partial charge in [-0.05, 0) is 25.1 Å². The quantitative estimate of drug-likeness (QED) is 0.918. The first-order valence-corrected chi connectivity index (χ1v) is 6.87. The van der Waals surface area contributed by atoms with E-state index in [1.807, 2.05) is 11.8 Å². The summed E-state index contributed by atoms with van der Waals surface area (Å²) in [6, 6.07) is 6.82. The van der Waals surface area contributed by atoms with Gasteiger partial charge in [0.15, 0.2) is 0 Å². The SMILES string of the molecule is CCNC(=O)C1COCCN1c1ccc(Cl)cc1C#N. The van der Waals surface area contributed by atoms with Gasteiger partial charge in [0.1, 0.15) is 12.1 Å². The number of carbonyl (C=O) groups is 1. The van der Waals surface area contributed by atoms with Crippen LogP contribution in [0.2, 0.25) is 5.02 Å². The van der Waals surface area contributed by atoms with E-state index in [0.717, 1.165) is 5.69 Å². The van der Waals surface area contributed by atoms with Crippen molar-refractivity contribution in [3.05, 3.63) is 28.8 Å². The maximum Gasteiger partial charge on any atom is 0.245 e. The van der Waals surface area contributed by atoms with Crippen molar-refractivity contribution >= 4 is 23.2 Å². The Hall–Kier alpha value is -1.77. The van der Waals surface area contributed by atoms with Gasteiger partial charge >= 0.3 is 0 Å². The molecule has 1 aliphatic rings. The van der Waals surface area contributed by atoms with Gasteiger partial charge in [-0.3, -0.25) is 4.79 Å². The summed E-state index contributed by atoms with van der Waals surface area (Å²) in [6.07, 6.45) is 0. The average Bonchev–Trinajstić information content (AvgIpc) is 2.47. The molecule has 1 amide bonds. The molecule has 106 valence electrons. The van der Waals surface area contributed by atoms with Gasteiger partial charge in [-0.1, -0.05) is 11.6 Å². The summed E-state index contributed by atoms with van der Waals surface area (Å²) in [6.45, 7) is 3.85. The van der Waals surface area contributed by atoms with Crippen molar-refractivity contribution < 1.29 is 9.53 Å². The highest BCUT2D eigenvalue weighted by Crippen LogP contribution is 2.26. The first-order chi connectivity index (χ1) is 9.67. The van der Waals surface area contributed by atoms with Gasteiger partial charge in [-0.2, -0.15) is 5.26 Å². The number of nitriles is 1. The Morgan fingerprint density at radius 2 is 2.45 bits per heavy atom. The predicted octanol–water partition coefficient (Wildman–Crippen LogP) is 1.55. The van der Waals surface area contributed by atoms with Crippen LogP contribution in [0.25, 0.3) is 0 Å². The Bertz CT molecular complexity index is 542. The van der Waals surface area contributed by atoms with Crippen molar-refractivity contribution in [1.29, 1.82) is 5.26 Å². The number of halogens is 1. The Labute approximate surface area is 123 Å². The molecule has 1 aromatic carbocycles. The third kappa shape index (κ3) is 3.03. The molecular formula is C14H16ClN3O2. The Balaban J connectivity index is 2.33. The van der Waals surface area contributed by atoms with Crippen LogP contribution in [0.4, 0.5) is 5.69 Å². The second kappa shape index (κ2) is 6.60. The third-order valence-electron chi connectivity index (χ3n) is 3.17. The molecule has 0 spiro atoms. The summed E-state index contributed by atoms with van der Waals surface area (Å²) in [5.41, 5.74) is 1.19. The number of benzene rings is 1. The van der Waals surface area contributed by atoms with Crippen LogP contribution in [-0.2, 0) is 9.53 Å². The highest BCUT2D eigenvalue weighted by molar-refractivity contribution is 6.30.